The fourth-order valence-corrected chi connectivity index (χ4v) is 2.50. The van der Waals surface area contributed by atoms with Crippen LogP contribution in [0.4, 0.5) is 17.2 Å². The lowest BCUT2D eigenvalue weighted by Crippen LogP contribution is -2.26. The second-order valence-corrected chi connectivity index (χ2v) is 5.51. The van der Waals surface area contributed by atoms with E-state index in [9.17, 15) is 4.79 Å². The molecule has 126 valence electrons. The van der Waals surface area contributed by atoms with Crippen LogP contribution >= 0.6 is 0 Å². The first-order valence-corrected chi connectivity index (χ1v) is 8.13. The zero-order chi connectivity index (χ0) is 16.8. The van der Waals surface area contributed by atoms with Crippen molar-refractivity contribution in [3.8, 4) is 5.75 Å². The number of hydrogen-bond donors (Lipinski definition) is 2. The van der Waals surface area contributed by atoms with Crippen LogP contribution in [0.25, 0.3) is 0 Å². The van der Waals surface area contributed by atoms with Gasteiger partial charge in [-0.3, -0.25) is 4.79 Å². The molecule has 0 spiro atoms. The average molecular weight is 327 g/mol. The summed E-state index contributed by atoms with van der Waals surface area (Å²) in [6.45, 7) is 3.25. The van der Waals surface area contributed by atoms with Gasteiger partial charge in [-0.25, -0.2) is 4.98 Å². The minimum absolute atomic E-state index is 0.110. The predicted octanol–water partition coefficient (Wildman–Crippen LogP) is 3.34. The van der Waals surface area contributed by atoms with Gasteiger partial charge in [-0.2, -0.15) is 0 Å². The monoisotopic (exact) mass is 327 g/mol. The van der Waals surface area contributed by atoms with Gasteiger partial charge in [-0.05, 0) is 56.2 Å². The van der Waals surface area contributed by atoms with Crippen molar-refractivity contribution >= 4 is 23.1 Å². The van der Waals surface area contributed by atoms with E-state index in [4.69, 9.17) is 9.47 Å². The summed E-state index contributed by atoms with van der Waals surface area (Å²) in [6, 6.07) is 11.3. The Balaban J connectivity index is 1.56. The fourth-order valence-electron chi connectivity index (χ4n) is 2.50. The van der Waals surface area contributed by atoms with Crippen LogP contribution in [0.2, 0.25) is 0 Å². The van der Waals surface area contributed by atoms with Crippen LogP contribution in [0, 0.1) is 0 Å². The Labute approximate surface area is 141 Å². The summed E-state index contributed by atoms with van der Waals surface area (Å²) in [4.78, 5) is 16.3. The number of nitrogens with zero attached hydrogens (tertiary/aromatic N) is 1. The molecule has 0 aliphatic carbocycles. The van der Waals surface area contributed by atoms with E-state index in [1.165, 1.54) is 0 Å². The van der Waals surface area contributed by atoms with E-state index in [2.05, 4.69) is 15.6 Å². The molecule has 1 aromatic carbocycles. The topological polar surface area (TPSA) is 72.5 Å². The Morgan fingerprint density at radius 2 is 2.04 bits per heavy atom. The van der Waals surface area contributed by atoms with Crippen LogP contribution in [0.5, 0.6) is 5.75 Å². The third kappa shape index (κ3) is 4.23. The molecule has 2 heterocycles. The summed E-state index contributed by atoms with van der Waals surface area (Å²) in [5.41, 5.74) is 1.58. The number of anilines is 3. The molecular weight excluding hydrogens is 306 g/mol. The zero-order valence-corrected chi connectivity index (χ0v) is 13.6. The molecule has 2 N–H and O–H groups in total. The number of pyridine rings is 1. The van der Waals surface area contributed by atoms with Crippen molar-refractivity contribution in [1.82, 2.24) is 4.98 Å². The Morgan fingerprint density at radius 3 is 2.67 bits per heavy atom. The molecular formula is C18H21N3O3. The number of amides is 1. The molecule has 1 unspecified atom stereocenters. The normalized spacial score (nSPS) is 16.6. The van der Waals surface area contributed by atoms with Gasteiger partial charge in [-0.15, -0.1) is 0 Å². The van der Waals surface area contributed by atoms with E-state index >= 15 is 0 Å². The zero-order valence-electron chi connectivity index (χ0n) is 13.6. The number of carbonyl (C=O) groups is 1. The molecule has 1 aliphatic heterocycles. The van der Waals surface area contributed by atoms with E-state index in [0.717, 1.165) is 24.3 Å². The highest BCUT2D eigenvalue weighted by atomic mass is 16.5. The third-order valence-corrected chi connectivity index (χ3v) is 3.69. The molecule has 1 saturated heterocycles. The van der Waals surface area contributed by atoms with Gasteiger partial charge in [0, 0.05) is 12.3 Å². The van der Waals surface area contributed by atoms with Gasteiger partial charge in [0.05, 0.1) is 18.5 Å². The smallest absolute Gasteiger partial charge is 0.253 e. The number of benzene rings is 1. The third-order valence-electron chi connectivity index (χ3n) is 3.69. The number of aromatic nitrogens is 1. The first-order valence-electron chi connectivity index (χ1n) is 8.13. The van der Waals surface area contributed by atoms with E-state index in [1.807, 2.05) is 43.3 Å². The van der Waals surface area contributed by atoms with Crippen LogP contribution in [-0.2, 0) is 9.53 Å². The van der Waals surface area contributed by atoms with Crippen LogP contribution in [0.3, 0.4) is 0 Å². The SMILES string of the molecule is CCOc1ccc(Nc2ccc(NC(=O)C3CCCO3)cn2)cc1. The molecule has 24 heavy (non-hydrogen) atoms. The lowest BCUT2D eigenvalue weighted by Gasteiger charge is -2.11. The van der Waals surface area contributed by atoms with Crippen molar-refractivity contribution in [3.63, 3.8) is 0 Å². The van der Waals surface area contributed by atoms with Crippen molar-refractivity contribution in [2.45, 2.75) is 25.9 Å². The summed E-state index contributed by atoms with van der Waals surface area (Å²) in [6.07, 6.45) is 2.99. The van der Waals surface area contributed by atoms with E-state index < -0.39 is 0 Å². The van der Waals surface area contributed by atoms with E-state index in [-0.39, 0.29) is 12.0 Å². The van der Waals surface area contributed by atoms with Crippen molar-refractivity contribution in [2.24, 2.45) is 0 Å². The highest BCUT2D eigenvalue weighted by Gasteiger charge is 2.23. The molecule has 6 heteroatoms. The summed E-state index contributed by atoms with van der Waals surface area (Å²) < 4.78 is 10.8. The first-order chi connectivity index (χ1) is 11.7. The summed E-state index contributed by atoms with van der Waals surface area (Å²) >= 11 is 0. The maximum absolute atomic E-state index is 12.0. The van der Waals surface area contributed by atoms with Gasteiger partial charge < -0.3 is 20.1 Å². The number of hydrogen-bond acceptors (Lipinski definition) is 5. The van der Waals surface area contributed by atoms with Gasteiger partial charge in [0.1, 0.15) is 17.7 Å². The van der Waals surface area contributed by atoms with Crippen LogP contribution < -0.4 is 15.4 Å². The van der Waals surface area contributed by atoms with Crippen molar-refractivity contribution in [2.75, 3.05) is 23.8 Å². The van der Waals surface area contributed by atoms with Crippen LogP contribution in [0.15, 0.2) is 42.6 Å². The van der Waals surface area contributed by atoms with Gasteiger partial charge in [-0.1, -0.05) is 0 Å². The Hall–Kier alpha value is -2.60. The molecule has 1 fully saturated rings. The lowest BCUT2D eigenvalue weighted by molar-refractivity contribution is -0.124. The highest BCUT2D eigenvalue weighted by Crippen LogP contribution is 2.20. The maximum Gasteiger partial charge on any atom is 0.253 e. The number of ether oxygens (including phenoxy) is 2. The van der Waals surface area contributed by atoms with Gasteiger partial charge in [0.2, 0.25) is 0 Å². The summed E-state index contributed by atoms with van der Waals surface area (Å²) in [5, 5.41) is 6.03. The van der Waals surface area contributed by atoms with Crippen molar-refractivity contribution < 1.29 is 14.3 Å². The van der Waals surface area contributed by atoms with Crippen LogP contribution in [0.1, 0.15) is 19.8 Å². The van der Waals surface area contributed by atoms with Gasteiger partial charge in [0.25, 0.3) is 5.91 Å². The van der Waals surface area contributed by atoms with Crippen LogP contribution in [-0.4, -0.2) is 30.2 Å². The van der Waals surface area contributed by atoms with E-state index in [1.54, 1.807) is 6.20 Å². The average Bonchev–Trinajstić information content (AvgIpc) is 3.13. The molecule has 1 aromatic heterocycles. The molecule has 3 rings (SSSR count). The minimum atomic E-state index is -0.341. The second-order valence-electron chi connectivity index (χ2n) is 5.51. The standard InChI is InChI=1S/C18H21N3O3/c1-2-23-15-8-5-13(6-9-15)20-17-10-7-14(12-19-17)21-18(22)16-4-3-11-24-16/h5-10,12,16H,2-4,11H2,1H3,(H,19,20)(H,21,22). The minimum Gasteiger partial charge on any atom is -0.494 e. The summed E-state index contributed by atoms with van der Waals surface area (Å²) in [7, 11) is 0. The largest absolute Gasteiger partial charge is 0.494 e. The second kappa shape index (κ2) is 7.79. The molecule has 1 amide bonds. The number of nitrogens with one attached hydrogen (secondary N) is 2. The first kappa shape index (κ1) is 16.3. The van der Waals surface area contributed by atoms with Gasteiger partial charge in [0.15, 0.2) is 0 Å². The molecule has 6 nitrogen and oxygen atoms in total. The van der Waals surface area contributed by atoms with Crippen molar-refractivity contribution in [3.05, 3.63) is 42.6 Å². The molecule has 0 saturated carbocycles. The number of carbonyl (C=O) groups excluding carboxylic acids is 1. The Kier molecular flexibility index (Phi) is 5.28. The number of rotatable bonds is 6. The molecule has 0 bridgehead atoms. The quantitative estimate of drug-likeness (QED) is 0.851. The molecule has 2 aromatic rings. The Morgan fingerprint density at radius 1 is 1.25 bits per heavy atom. The maximum atomic E-state index is 12.0. The van der Waals surface area contributed by atoms with Crippen molar-refractivity contribution in [1.29, 1.82) is 0 Å². The highest BCUT2D eigenvalue weighted by molar-refractivity contribution is 5.94. The predicted molar refractivity (Wildman–Crippen MR) is 92.7 cm³/mol. The summed E-state index contributed by atoms with van der Waals surface area (Å²) in [5.74, 6) is 1.43. The lowest BCUT2D eigenvalue weighted by atomic mass is 10.2. The molecule has 0 radical (unpaired) electrons. The molecule has 1 aliphatic rings. The van der Waals surface area contributed by atoms with Gasteiger partial charge >= 0.3 is 0 Å². The Bertz CT molecular complexity index is 665. The fraction of sp³-hybridized carbons (Fsp3) is 0.333. The molecule has 1 atom stereocenters. The van der Waals surface area contributed by atoms with E-state index in [0.29, 0.717) is 24.7 Å².